The molecule has 6 rings (SSSR count). The number of ether oxygens (including phenoxy) is 2. The number of Topliss-reactive ketones (excluding diaryl/α,β-unsaturated/α-hetero) is 3. The van der Waals surface area contributed by atoms with Gasteiger partial charge >= 0.3 is 0 Å². The van der Waals surface area contributed by atoms with Crippen molar-refractivity contribution >= 4 is 17.3 Å². The van der Waals surface area contributed by atoms with Crippen molar-refractivity contribution in [3.63, 3.8) is 0 Å². The maximum absolute atomic E-state index is 14.5. The molecular weight excluding hydrogens is 504 g/mol. The minimum Gasteiger partial charge on any atom is -0.497 e. The first-order valence-corrected chi connectivity index (χ1v) is 13.2. The van der Waals surface area contributed by atoms with Crippen LogP contribution in [0.15, 0.2) is 97.1 Å². The molecule has 0 spiro atoms. The summed E-state index contributed by atoms with van der Waals surface area (Å²) in [5.74, 6) is -2.13. The zero-order valence-electron chi connectivity index (χ0n) is 22.2. The molecule has 6 heteroatoms. The second kappa shape index (κ2) is 9.88. The molecule has 0 heterocycles. The lowest BCUT2D eigenvalue weighted by Gasteiger charge is -2.45. The van der Waals surface area contributed by atoms with Crippen molar-refractivity contribution in [3.8, 4) is 11.5 Å². The van der Waals surface area contributed by atoms with Gasteiger partial charge in [0.15, 0.2) is 23.0 Å². The summed E-state index contributed by atoms with van der Waals surface area (Å²) in [5.41, 5.74) is 1.00. The molecule has 4 aromatic rings. The number of hydrogen-bond acceptors (Lipinski definition) is 6. The van der Waals surface area contributed by atoms with Crippen LogP contribution in [0, 0.1) is 5.92 Å². The minimum atomic E-state index is -1.94. The fraction of sp³-hybridized carbons (Fsp3) is 0.206. The largest absolute Gasteiger partial charge is 0.497 e. The molecule has 0 saturated heterocycles. The maximum atomic E-state index is 14.5. The van der Waals surface area contributed by atoms with Crippen molar-refractivity contribution in [2.45, 2.75) is 23.9 Å². The quantitative estimate of drug-likeness (QED) is 0.305. The Bertz CT molecular complexity index is 1660. The molecule has 0 unspecified atom stereocenters. The van der Waals surface area contributed by atoms with Gasteiger partial charge in [-0.15, -0.1) is 0 Å². The summed E-state index contributed by atoms with van der Waals surface area (Å²) < 4.78 is 10.7. The SMILES string of the molecule is COc1cccc(C(=O)C[C@@H]2c3ccccc3[C@]3(O)C(=O)c4ccccc4[C@@H]3[C@H]2C(=O)c2cccc(OC)c2)c1. The molecule has 0 aromatic heterocycles. The van der Waals surface area contributed by atoms with E-state index in [2.05, 4.69) is 0 Å². The van der Waals surface area contributed by atoms with E-state index < -0.39 is 29.1 Å². The number of aliphatic hydroxyl groups is 1. The van der Waals surface area contributed by atoms with Crippen LogP contribution in [-0.2, 0) is 5.60 Å². The number of hydrogen-bond donors (Lipinski definition) is 1. The zero-order chi connectivity index (χ0) is 28.0. The van der Waals surface area contributed by atoms with E-state index in [0.29, 0.717) is 44.9 Å². The summed E-state index contributed by atoms with van der Waals surface area (Å²) in [6.45, 7) is 0. The van der Waals surface area contributed by atoms with Crippen molar-refractivity contribution in [2.75, 3.05) is 14.2 Å². The Balaban J connectivity index is 1.56. The van der Waals surface area contributed by atoms with E-state index in [9.17, 15) is 19.5 Å². The predicted octanol–water partition coefficient (Wildman–Crippen LogP) is 5.74. The van der Waals surface area contributed by atoms with Crippen molar-refractivity contribution in [3.05, 3.63) is 130 Å². The molecule has 2 aliphatic rings. The number of fused-ring (bicyclic) bond motifs is 5. The van der Waals surface area contributed by atoms with Gasteiger partial charge in [0.1, 0.15) is 11.5 Å². The molecule has 2 aliphatic carbocycles. The van der Waals surface area contributed by atoms with Crippen LogP contribution in [-0.4, -0.2) is 36.7 Å². The number of carbonyl (C=O) groups excluding carboxylic acids is 3. The molecule has 40 heavy (non-hydrogen) atoms. The fourth-order valence-electron chi connectivity index (χ4n) is 6.54. The molecule has 0 saturated carbocycles. The molecule has 0 fully saturated rings. The Morgan fingerprint density at radius 2 is 1.38 bits per heavy atom. The molecule has 0 bridgehead atoms. The standard InChI is InChI=1S/C34H28O6/c1-39-22-11-7-9-20(17-22)29(35)19-27-24-13-5-6-16-28(24)34(38)31(25-14-3-4-15-26(25)33(34)37)30(27)32(36)21-10-8-12-23(18-21)40-2/h3-18,27,30-31,38H,19H2,1-2H3/t27-,30+,31-,34-/m1/s1. The van der Waals surface area contributed by atoms with Gasteiger partial charge < -0.3 is 14.6 Å². The lowest BCUT2D eigenvalue weighted by Crippen LogP contribution is -2.48. The van der Waals surface area contributed by atoms with Crippen LogP contribution in [0.3, 0.4) is 0 Å². The van der Waals surface area contributed by atoms with Crippen molar-refractivity contribution in [1.82, 2.24) is 0 Å². The van der Waals surface area contributed by atoms with Crippen LogP contribution in [0.5, 0.6) is 11.5 Å². The van der Waals surface area contributed by atoms with Crippen molar-refractivity contribution in [1.29, 1.82) is 0 Å². The van der Waals surface area contributed by atoms with Gasteiger partial charge in [0.2, 0.25) is 0 Å². The molecule has 0 amide bonds. The average Bonchev–Trinajstić information content (AvgIpc) is 3.24. The van der Waals surface area contributed by atoms with Crippen LogP contribution in [0.25, 0.3) is 0 Å². The Hall–Kier alpha value is -4.55. The first-order valence-electron chi connectivity index (χ1n) is 13.2. The van der Waals surface area contributed by atoms with Gasteiger partial charge in [-0.05, 0) is 41.0 Å². The Kier molecular flexibility index (Phi) is 6.35. The Morgan fingerprint density at radius 3 is 2.08 bits per heavy atom. The molecule has 4 atom stereocenters. The van der Waals surface area contributed by atoms with Gasteiger partial charge in [0.25, 0.3) is 0 Å². The molecule has 0 radical (unpaired) electrons. The first-order chi connectivity index (χ1) is 19.4. The number of ketones is 3. The Labute approximate surface area is 232 Å². The highest BCUT2D eigenvalue weighted by atomic mass is 16.5. The van der Waals surface area contributed by atoms with Crippen LogP contribution >= 0.6 is 0 Å². The highest BCUT2D eigenvalue weighted by molar-refractivity contribution is 6.11. The van der Waals surface area contributed by atoms with Gasteiger partial charge in [-0.3, -0.25) is 14.4 Å². The summed E-state index contributed by atoms with van der Waals surface area (Å²) in [7, 11) is 3.07. The molecule has 6 nitrogen and oxygen atoms in total. The zero-order valence-corrected chi connectivity index (χ0v) is 22.2. The van der Waals surface area contributed by atoms with E-state index >= 15 is 0 Å². The van der Waals surface area contributed by atoms with E-state index in [4.69, 9.17) is 9.47 Å². The first kappa shape index (κ1) is 25.7. The lowest BCUT2D eigenvalue weighted by molar-refractivity contribution is -0.00160. The van der Waals surface area contributed by atoms with E-state index in [1.165, 1.54) is 7.11 Å². The van der Waals surface area contributed by atoms with Gasteiger partial charge in [-0.1, -0.05) is 72.8 Å². The average molecular weight is 533 g/mol. The van der Waals surface area contributed by atoms with Crippen LogP contribution in [0.1, 0.15) is 66.0 Å². The van der Waals surface area contributed by atoms with Crippen molar-refractivity contribution in [2.24, 2.45) is 5.92 Å². The molecule has 1 N–H and O–H groups in total. The summed E-state index contributed by atoms with van der Waals surface area (Å²) in [6.07, 6.45) is 0.00743. The third-order valence-electron chi connectivity index (χ3n) is 8.35. The highest BCUT2D eigenvalue weighted by Crippen LogP contribution is 2.60. The number of rotatable bonds is 7. The van der Waals surface area contributed by atoms with Crippen molar-refractivity contribution < 1.29 is 29.0 Å². The molecular formula is C34H28O6. The summed E-state index contributed by atoms with van der Waals surface area (Å²) in [4.78, 5) is 42.1. The lowest BCUT2D eigenvalue weighted by atomic mass is 9.58. The normalized spacial score (nSPS) is 22.6. The van der Waals surface area contributed by atoms with Gasteiger partial charge in [-0.25, -0.2) is 0 Å². The molecule has 0 aliphatic heterocycles. The Morgan fingerprint density at radius 1 is 0.775 bits per heavy atom. The number of carbonyl (C=O) groups is 3. The molecule has 200 valence electrons. The topological polar surface area (TPSA) is 89.9 Å². The van der Waals surface area contributed by atoms with E-state index in [0.717, 1.165) is 0 Å². The number of methoxy groups -OCH3 is 2. The third-order valence-corrected chi connectivity index (χ3v) is 8.35. The van der Waals surface area contributed by atoms with E-state index in [-0.39, 0.29) is 18.0 Å². The second-order valence-electron chi connectivity index (χ2n) is 10.3. The van der Waals surface area contributed by atoms with Crippen LogP contribution in [0.2, 0.25) is 0 Å². The van der Waals surface area contributed by atoms with Gasteiger partial charge in [0.05, 0.1) is 14.2 Å². The smallest absolute Gasteiger partial charge is 0.199 e. The predicted molar refractivity (Wildman–Crippen MR) is 149 cm³/mol. The van der Waals surface area contributed by atoms with Gasteiger partial charge in [-0.2, -0.15) is 0 Å². The monoisotopic (exact) mass is 532 g/mol. The molecule has 4 aromatic carbocycles. The second-order valence-corrected chi connectivity index (χ2v) is 10.3. The van der Waals surface area contributed by atoms with E-state index in [1.807, 2.05) is 18.2 Å². The number of benzene rings is 4. The minimum absolute atomic E-state index is 0.00743. The van der Waals surface area contributed by atoms with E-state index in [1.54, 1.807) is 86.0 Å². The maximum Gasteiger partial charge on any atom is 0.199 e. The third kappa shape index (κ3) is 3.87. The summed E-state index contributed by atoms with van der Waals surface area (Å²) in [6, 6.07) is 28.0. The highest BCUT2D eigenvalue weighted by Gasteiger charge is 2.62. The summed E-state index contributed by atoms with van der Waals surface area (Å²) in [5, 5.41) is 12.3. The fourth-order valence-corrected chi connectivity index (χ4v) is 6.54. The van der Waals surface area contributed by atoms with Crippen LogP contribution < -0.4 is 9.47 Å². The summed E-state index contributed by atoms with van der Waals surface area (Å²) >= 11 is 0. The van der Waals surface area contributed by atoms with Crippen LogP contribution in [0.4, 0.5) is 0 Å². The van der Waals surface area contributed by atoms with Gasteiger partial charge in [0, 0.05) is 40.9 Å².